The van der Waals surface area contributed by atoms with E-state index in [-0.39, 0.29) is 5.91 Å². The summed E-state index contributed by atoms with van der Waals surface area (Å²) in [6.07, 6.45) is 1.33. The number of esters is 1. The molecule has 1 aliphatic rings. The van der Waals surface area contributed by atoms with Gasteiger partial charge in [0.15, 0.2) is 0 Å². The lowest BCUT2D eigenvalue weighted by atomic mass is 9.92. The van der Waals surface area contributed by atoms with Gasteiger partial charge in [0, 0.05) is 11.8 Å². The SMILES string of the molecule is COC(=O)C1C=NC(=O)c2ccccc21. The third-order valence-corrected chi connectivity index (χ3v) is 2.32. The molecule has 1 aromatic rings. The Morgan fingerprint density at radius 3 is 2.87 bits per heavy atom. The molecule has 0 spiro atoms. The second-order valence-electron chi connectivity index (χ2n) is 3.17. The summed E-state index contributed by atoms with van der Waals surface area (Å²) in [4.78, 5) is 26.5. The van der Waals surface area contributed by atoms with Crippen molar-refractivity contribution in [2.24, 2.45) is 4.99 Å². The van der Waals surface area contributed by atoms with Gasteiger partial charge < -0.3 is 4.74 Å². The fraction of sp³-hybridized carbons (Fsp3) is 0.182. The molecule has 1 unspecified atom stereocenters. The van der Waals surface area contributed by atoms with Crippen LogP contribution >= 0.6 is 0 Å². The van der Waals surface area contributed by atoms with E-state index >= 15 is 0 Å². The highest BCUT2D eigenvalue weighted by atomic mass is 16.5. The number of rotatable bonds is 1. The molecule has 4 heteroatoms. The molecule has 0 bridgehead atoms. The minimum atomic E-state index is -0.566. The van der Waals surface area contributed by atoms with E-state index < -0.39 is 11.9 Å². The van der Waals surface area contributed by atoms with E-state index in [1.54, 1.807) is 24.3 Å². The lowest BCUT2D eigenvalue weighted by Crippen LogP contribution is -2.22. The van der Waals surface area contributed by atoms with E-state index in [0.29, 0.717) is 11.1 Å². The molecule has 0 saturated carbocycles. The Kier molecular flexibility index (Phi) is 2.33. The first kappa shape index (κ1) is 9.58. The van der Waals surface area contributed by atoms with Crippen LogP contribution in [0.5, 0.6) is 0 Å². The number of hydrogen-bond donors (Lipinski definition) is 0. The lowest BCUT2D eigenvalue weighted by Gasteiger charge is -2.16. The molecule has 4 nitrogen and oxygen atoms in total. The predicted octanol–water partition coefficient (Wildman–Crippen LogP) is 1.17. The number of hydrogen-bond acceptors (Lipinski definition) is 3. The van der Waals surface area contributed by atoms with Crippen molar-refractivity contribution < 1.29 is 14.3 Å². The molecule has 1 amide bonds. The van der Waals surface area contributed by atoms with Crippen molar-refractivity contribution in [1.82, 2.24) is 0 Å². The van der Waals surface area contributed by atoms with Gasteiger partial charge in [-0.15, -0.1) is 0 Å². The molecule has 76 valence electrons. The Labute approximate surface area is 86.6 Å². The zero-order chi connectivity index (χ0) is 10.8. The van der Waals surface area contributed by atoms with Gasteiger partial charge in [-0.2, -0.15) is 0 Å². The maximum atomic E-state index is 11.4. The summed E-state index contributed by atoms with van der Waals surface area (Å²) in [6, 6.07) is 6.91. The Bertz CT molecular complexity index is 451. The van der Waals surface area contributed by atoms with Crippen LogP contribution in [0.3, 0.4) is 0 Å². The van der Waals surface area contributed by atoms with Gasteiger partial charge in [-0.3, -0.25) is 9.59 Å². The van der Waals surface area contributed by atoms with Crippen LogP contribution in [0.15, 0.2) is 29.3 Å². The molecule has 1 atom stereocenters. The number of fused-ring (bicyclic) bond motifs is 1. The van der Waals surface area contributed by atoms with E-state index in [1.807, 2.05) is 0 Å². The number of ether oxygens (including phenoxy) is 1. The van der Waals surface area contributed by atoms with Crippen molar-refractivity contribution in [3.63, 3.8) is 0 Å². The van der Waals surface area contributed by atoms with Crippen LogP contribution in [0.1, 0.15) is 21.8 Å². The van der Waals surface area contributed by atoms with Gasteiger partial charge in [-0.25, -0.2) is 4.99 Å². The van der Waals surface area contributed by atoms with Gasteiger partial charge in [0.2, 0.25) is 0 Å². The van der Waals surface area contributed by atoms with Crippen molar-refractivity contribution >= 4 is 18.1 Å². The Morgan fingerprint density at radius 1 is 1.40 bits per heavy atom. The molecule has 2 rings (SSSR count). The first-order valence-corrected chi connectivity index (χ1v) is 4.49. The average Bonchev–Trinajstić information content (AvgIpc) is 2.29. The van der Waals surface area contributed by atoms with Gasteiger partial charge in [0.1, 0.15) is 5.92 Å². The number of carbonyl (C=O) groups excluding carboxylic acids is 2. The van der Waals surface area contributed by atoms with Crippen molar-refractivity contribution in [3.8, 4) is 0 Å². The zero-order valence-corrected chi connectivity index (χ0v) is 8.14. The summed E-state index contributed by atoms with van der Waals surface area (Å²) in [5, 5.41) is 0. The molecule has 0 aromatic heterocycles. The first-order chi connectivity index (χ1) is 7.24. The van der Waals surface area contributed by atoms with Gasteiger partial charge in [0.25, 0.3) is 5.91 Å². The molecule has 0 saturated heterocycles. The minimum absolute atomic E-state index is 0.314. The molecular formula is C11H9NO3. The number of nitrogens with zero attached hydrogens (tertiary/aromatic N) is 1. The highest BCUT2D eigenvalue weighted by Crippen LogP contribution is 2.24. The summed E-state index contributed by atoms with van der Waals surface area (Å²) in [5.41, 5.74) is 1.12. The van der Waals surface area contributed by atoms with E-state index in [2.05, 4.69) is 9.73 Å². The molecule has 0 aliphatic carbocycles. The number of carbonyl (C=O) groups is 2. The quantitative estimate of drug-likeness (QED) is 0.644. The van der Waals surface area contributed by atoms with Crippen LogP contribution in [0.25, 0.3) is 0 Å². The standard InChI is InChI=1S/C11H9NO3/c1-15-11(14)9-6-12-10(13)8-5-3-2-4-7(8)9/h2-6,9H,1H3. The van der Waals surface area contributed by atoms with E-state index in [9.17, 15) is 9.59 Å². The van der Waals surface area contributed by atoms with Gasteiger partial charge >= 0.3 is 5.97 Å². The largest absolute Gasteiger partial charge is 0.468 e. The maximum absolute atomic E-state index is 11.4. The summed E-state index contributed by atoms with van der Waals surface area (Å²) in [6.45, 7) is 0. The van der Waals surface area contributed by atoms with Gasteiger partial charge in [-0.05, 0) is 11.6 Å². The van der Waals surface area contributed by atoms with Crippen LogP contribution in [-0.4, -0.2) is 25.2 Å². The Hall–Kier alpha value is -1.97. The van der Waals surface area contributed by atoms with Gasteiger partial charge in [-0.1, -0.05) is 18.2 Å². The van der Waals surface area contributed by atoms with Crippen LogP contribution in [0.2, 0.25) is 0 Å². The summed E-state index contributed by atoms with van der Waals surface area (Å²) >= 11 is 0. The fourth-order valence-electron chi connectivity index (χ4n) is 1.57. The summed E-state index contributed by atoms with van der Waals surface area (Å²) < 4.78 is 4.64. The topological polar surface area (TPSA) is 55.7 Å². The van der Waals surface area contributed by atoms with Gasteiger partial charge in [0.05, 0.1) is 7.11 Å². The second-order valence-corrected chi connectivity index (χ2v) is 3.17. The normalized spacial score (nSPS) is 18.5. The fourth-order valence-corrected chi connectivity index (χ4v) is 1.57. The maximum Gasteiger partial charge on any atom is 0.318 e. The number of methoxy groups -OCH3 is 1. The van der Waals surface area contributed by atoms with Crippen molar-refractivity contribution in [2.45, 2.75) is 5.92 Å². The van der Waals surface area contributed by atoms with Crippen LogP contribution in [0.4, 0.5) is 0 Å². The van der Waals surface area contributed by atoms with Crippen molar-refractivity contribution in [3.05, 3.63) is 35.4 Å². The number of aliphatic imine (C=N–C) groups is 1. The average molecular weight is 203 g/mol. The molecule has 0 fully saturated rings. The van der Waals surface area contributed by atoms with E-state index in [4.69, 9.17) is 0 Å². The molecule has 1 aromatic carbocycles. The smallest absolute Gasteiger partial charge is 0.318 e. The number of amides is 1. The van der Waals surface area contributed by atoms with E-state index in [0.717, 1.165) is 0 Å². The first-order valence-electron chi connectivity index (χ1n) is 4.49. The van der Waals surface area contributed by atoms with Crippen molar-refractivity contribution in [2.75, 3.05) is 7.11 Å². The highest BCUT2D eigenvalue weighted by molar-refractivity contribution is 6.10. The number of benzene rings is 1. The molecule has 0 radical (unpaired) electrons. The van der Waals surface area contributed by atoms with Crippen molar-refractivity contribution in [1.29, 1.82) is 0 Å². The summed E-state index contributed by atoms with van der Waals surface area (Å²) in [7, 11) is 1.31. The van der Waals surface area contributed by atoms with Crippen LogP contribution in [-0.2, 0) is 9.53 Å². The summed E-state index contributed by atoms with van der Waals surface area (Å²) in [5.74, 6) is -1.28. The van der Waals surface area contributed by atoms with E-state index in [1.165, 1.54) is 13.3 Å². The van der Waals surface area contributed by atoms with Crippen LogP contribution < -0.4 is 0 Å². The zero-order valence-electron chi connectivity index (χ0n) is 8.14. The molecule has 0 N–H and O–H groups in total. The third kappa shape index (κ3) is 1.54. The molecule has 1 aliphatic heterocycles. The van der Waals surface area contributed by atoms with Crippen LogP contribution in [0, 0.1) is 0 Å². The Balaban J connectivity index is 2.50. The third-order valence-electron chi connectivity index (χ3n) is 2.32. The molecular weight excluding hydrogens is 194 g/mol. The lowest BCUT2D eigenvalue weighted by molar-refractivity contribution is -0.140. The minimum Gasteiger partial charge on any atom is -0.468 e. The molecule has 1 heterocycles. The monoisotopic (exact) mass is 203 g/mol. The molecule has 15 heavy (non-hydrogen) atoms. The second kappa shape index (κ2) is 3.65. The highest BCUT2D eigenvalue weighted by Gasteiger charge is 2.27. The predicted molar refractivity (Wildman–Crippen MR) is 54.0 cm³/mol. The Morgan fingerprint density at radius 2 is 2.13 bits per heavy atom.